The van der Waals surface area contributed by atoms with Crippen LogP contribution in [0.25, 0.3) is 0 Å². The van der Waals surface area contributed by atoms with Crippen molar-refractivity contribution in [3.05, 3.63) is 35.9 Å². The minimum absolute atomic E-state index is 0.0780. The van der Waals surface area contributed by atoms with Gasteiger partial charge in [-0.2, -0.15) is 0 Å². The second-order valence-electron chi connectivity index (χ2n) is 4.29. The van der Waals surface area contributed by atoms with Crippen molar-refractivity contribution >= 4 is 17.5 Å². The quantitative estimate of drug-likeness (QED) is 0.719. The van der Waals surface area contributed by atoms with Gasteiger partial charge in [-0.25, -0.2) is 4.98 Å². The Bertz CT molecular complexity index is 636. The zero-order valence-corrected chi connectivity index (χ0v) is 11.4. The van der Waals surface area contributed by atoms with E-state index in [1.165, 1.54) is 0 Å². The fourth-order valence-corrected chi connectivity index (χ4v) is 1.54. The van der Waals surface area contributed by atoms with Gasteiger partial charge in [0.15, 0.2) is 0 Å². The van der Waals surface area contributed by atoms with Gasteiger partial charge in [-0.05, 0) is 31.2 Å². The highest BCUT2D eigenvalue weighted by Gasteiger charge is 2.11. The lowest BCUT2D eigenvalue weighted by molar-refractivity contribution is -0.118. The molecule has 110 valence electrons. The van der Waals surface area contributed by atoms with Gasteiger partial charge in [0.2, 0.25) is 11.7 Å². The van der Waals surface area contributed by atoms with Crippen LogP contribution in [-0.4, -0.2) is 33.6 Å². The number of aromatic amines is 1. The fraction of sp³-hybridized carbons (Fsp3) is 0.231. The van der Waals surface area contributed by atoms with Crippen molar-refractivity contribution in [1.29, 1.82) is 0 Å². The maximum atomic E-state index is 11.8. The van der Waals surface area contributed by atoms with Gasteiger partial charge in [-0.1, -0.05) is 0 Å². The number of carbonyl (C=O) groups excluding carboxylic acids is 2. The van der Waals surface area contributed by atoms with Gasteiger partial charge in [-0.3, -0.25) is 14.7 Å². The Balaban J connectivity index is 1.90. The summed E-state index contributed by atoms with van der Waals surface area (Å²) in [5, 5.41) is 9.03. The number of primary amides is 1. The lowest BCUT2D eigenvalue weighted by atomic mass is 10.3. The number of hydrogen-bond acceptors (Lipinski definition) is 5. The molecule has 1 aromatic carbocycles. The molecular formula is C13H15N5O3. The topological polar surface area (TPSA) is 123 Å². The molecule has 2 rings (SSSR count). The van der Waals surface area contributed by atoms with E-state index in [4.69, 9.17) is 10.5 Å². The molecule has 0 radical (unpaired) electrons. The second-order valence-corrected chi connectivity index (χ2v) is 4.29. The highest BCUT2D eigenvalue weighted by Crippen LogP contribution is 2.16. The average Bonchev–Trinajstić information content (AvgIpc) is 2.87. The summed E-state index contributed by atoms with van der Waals surface area (Å²) in [7, 11) is 0. The fourth-order valence-electron chi connectivity index (χ4n) is 1.54. The summed E-state index contributed by atoms with van der Waals surface area (Å²) >= 11 is 0. The summed E-state index contributed by atoms with van der Waals surface area (Å²) < 4.78 is 5.32. The van der Waals surface area contributed by atoms with Gasteiger partial charge in [0.05, 0.1) is 13.0 Å². The number of aryl methyl sites for hydroxylation is 1. The third kappa shape index (κ3) is 4.30. The zero-order chi connectivity index (χ0) is 15.2. The van der Waals surface area contributed by atoms with E-state index in [1.54, 1.807) is 31.2 Å². The first-order valence-electron chi connectivity index (χ1n) is 6.26. The maximum absolute atomic E-state index is 11.8. The van der Waals surface area contributed by atoms with Crippen molar-refractivity contribution in [2.75, 3.05) is 11.9 Å². The number of rotatable bonds is 6. The SMILES string of the molecule is Cc1nc(C(=O)Nc2ccc(OCCC(N)=O)cc2)n[nH]1. The number of aromatic nitrogens is 3. The largest absolute Gasteiger partial charge is 0.493 e. The third-order valence-electron chi connectivity index (χ3n) is 2.53. The summed E-state index contributed by atoms with van der Waals surface area (Å²) in [5.74, 6) is 0.415. The van der Waals surface area contributed by atoms with Crippen LogP contribution in [0.5, 0.6) is 5.75 Å². The van der Waals surface area contributed by atoms with Crippen LogP contribution < -0.4 is 15.8 Å². The van der Waals surface area contributed by atoms with E-state index in [2.05, 4.69) is 20.5 Å². The van der Waals surface area contributed by atoms with Gasteiger partial charge in [0.1, 0.15) is 11.6 Å². The van der Waals surface area contributed by atoms with Crippen LogP contribution in [0.15, 0.2) is 24.3 Å². The molecule has 1 heterocycles. The van der Waals surface area contributed by atoms with Crippen LogP contribution >= 0.6 is 0 Å². The summed E-state index contributed by atoms with van der Waals surface area (Å²) in [5.41, 5.74) is 5.60. The summed E-state index contributed by atoms with van der Waals surface area (Å²) in [6, 6.07) is 6.72. The Morgan fingerprint density at radius 3 is 2.62 bits per heavy atom. The molecule has 8 nitrogen and oxygen atoms in total. The summed E-state index contributed by atoms with van der Waals surface area (Å²) in [4.78, 5) is 26.3. The molecule has 0 saturated heterocycles. The lowest BCUT2D eigenvalue weighted by Gasteiger charge is -2.06. The maximum Gasteiger partial charge on any atom is 0.295 e. The Morgan fingerprint density at radius 1 is 1.33 bits per heavy atom. The average molecular weight is 289 g/mol. The van der Waals surface area contributed by atoms with Crippen molar-refractivity contribution in [1.82, 2.24) is 15.2 Å². The molecule has 0 saturated carbocycles. The molecule has 0 aliphatic rings. The van der Waals surface area contributed by atoms with E-state index in [9.17, 15) is 9.59 Å². The molecule has 2 aromatic rings. The molecule has 2 amide bonds. The van der Waals surface area contributed by atoms with Crippen molar-refractivity contribution in [3.8, 4) is 5.75 Å². The molecule has 0 aliphatic heterocycles. The molecule has 1 aromatic heterocycles. The first-order chi connectivity index (χ1) is 10.0. The Morgan fingerprint density at radius 2 is 2.05 bits per heavy atom. The minimum Gasteiger partial charge on any atom is -0.493 e. The van der Waals surface area contributed by atoms with Crippen LogP contribution in [0.1, 0.15) is 22.9 Å². The number of amides is 2. The smallest absolute Gasteiger partial charge is 0.295 e. The zero-order valence-electron chi connectivity index (χ0n) is 11.4. The molecule has 0 spiro atoms. The number of nitrogens with zero attached hydrogens (tertiary/aromatic N) is 2. The molecule has 0 fully saturated rings. The predicted molar refractivity (Wildman–Crippen MR) is 74.8 cm³/mol. The molecule has 0 unspecified atom stereocenters. The second kappa shape index (κ2) is 6.51. The number of benzene rings is 1. The molecule has 0 bridgehead atoms. The van der Waals surface area contributed by atoms with Crippen LogP contribution in [0.4, 0.5) is 5.69 Å². The Labute approximate surface area is 120 Å². The molecule has 8 heteroatoms. The summed E-state index contributed by atoms with van der Waals surface area (Å²) in [6.45, 7) is 1.93. The van der Waals surface area contributed by atoms with Crippen LogP contribution in [0, 0.1) is 6.92 Å². The Hall–Kier alpha value is -2.90. The lowest BCUT2D eigenvalue weighted by Crippen LogP contribution is -2.15. The number of ether oxygens (including phenoxy) is 1. The van der Waals surface area contributed by atoms with E-state index in [1.807, 2.05) is 0 Å². The number of hydrogen-bond donors (Lipinski definition) is 3. The van der Waals surface area contributed by atoms with Crippen LogP contribution in [0.3, 0.4) is 0 Å². The Kier molecular flexibility index (Phi) is 4.50. The van der Waals surface area contributed by atoms with Gasteiger partial charge >= 0.3 is 0 Å². The number of nitrogens with one attached hydrogen (secondary N) is 2. The molecule has 0 atom stereocenters. The van der Waals surface area contributed by atoms with E-state index >= 15 is 0 Å². The number of anilines is 1. The van der Waals surface area contributed by atoms with Crippen LogP contribution in [0.2, 0.25) is 0 Å². The first kappa shape index (κ1) is 14.5. The van der Waals surface area contributed by atoms with Crippen molar-refractivity contribution < 1.29 is 14.3 Å². The molecule has 21 heavy (non-hydrogen) atoms. The third-order valence-corrected chi connectivity index (χ3v) is 2.53. The van der Waals surface area contributed by atoms with Crippen molar-refractivity contribution in [3.63, 3.8) is 0 Å². The minimum atomic E-state index is -0.416. The van der Waals surface area contributed by atoms with Gasteiger partial charge in [0, 0.05) is 5.69 Å². The number of H-pyrrole nitrogens is 1. The standard InChI is InChI=1S/C13H15N5O3/c1-8-15-12(18-17-8)13(20)16-9-2-4-10(5-3-9)21-7-6-11(14)19/h2-5H,6-7H2,1H3,(H2,14,19)(H,16,20)(H,15,17,18). The number of nitrogens with two attached hydrogens (primary N) is 1. The molecule has 4 N–H and O–H groups in total. The highest BCUT2D eigenvalue weighted by molar-refractivity contribution is 6.01. The molecule has 0 aliphatic carbocycles. The van der Waals surface area contributed by atoms with E-state index in [0.29, 0.717) is 17.3 Å². The van der Waals surface area contributed by atoms with E-state index < -0.39 is 11.8 Å². The van der Waals surface area contributed by atoms with Crippen LogP contribution in [-0.2, 0) is 4.79 Å². The monoisotopic (exact) mass is 289 g/mol. The molecular weight excluding hydrogens is 274 g/mol. The van der Waals surface area contributed by atoms with Crippen molar-refractivity contribution in [2.24, 2.45) is 5.73 Å². The summed E-state index contributed by atoms with van der Waals surface area (Å²) in [6.07, 6.45) is 0.155. The van der Waals surface area contributed by atoms with E-state index in [-0.39, 0.29) is 18.9 Å². The van der Waals surface area contributed by atoms with E-state index in [0.717, 1.165) is 0 Å². The van der Waals surface area contributed by atoms with Gasteiger partial charge in [0.25, 0.3) is 5.91 Å². The predicted octanol–water partition coefficient (Wildman–Crippen LogP) is 0.620. The normalized spacial score (nSPS) is 10.1. The first-order valence-corrected chi connectivity index (χ1v) is 6.26. The number of carbonyl (C=O) groups is 2. The highest BCUT2D eigenvalue weighted by atomic mass is 16.5. The van der Waals surface area contributed by atoms with Gasteiger partial charge < -0.3 is 15.8 Å². The van der Waals surface area contributed by atoms with Crippen molar-refractivity contribution in [2.45, 2.75) is 13.3 Å². The van der Waals surface area contributed by atoms with Gasteiger partial charge in [-0.15, -0.1) is 5.10 Å².